The molecule has 0 aromatic carbocycles. The zero-order valence-corrected chi connectivity index (χ0v) is 11.8. The second kappa shape index (κ2) is 4.71. The molecule has 100 valence electrons. The molecule has 0 fully saturated rings. The fraction of sp³-hybridized carbons (Fsp3) is 0.455. The maximum Gasteiger partial charge on any atom is 0.194 e. The van der Waals surface area contributed by atoms with Gasteiger partial charge in [-0.3, -0.25) is 4.40 Å². The van der Waals surface area contributed by atoms with Gasteiger partial charge in [0.05, 0.1) is 17.4 Å². The molecule has 0 aliphatic carbocycles. The molecule has 1 atom stereocenters. The molecule has 0 amide bonds. The van der Waals surface area contributed by atoms with E-state index in [9.17, 15) is 0 Å². The molecule has 7 nitrogen and oxygen atoms in total. The topological polar surface area (TPSA) is 83.8 Å². The van der Waals surface area contributed by atoms with Crippen molar-refractivity contribution in [1.29, 1.82) is 0 Å². The zero-order valence-electron chi connectivity index (χ0n) is 11.0. The van der Waals surface area contributed by atoms with Crippen molar-refractivity contribution in [3.8, 4) is 0 Å². The number of hydrogen-bond donors (Lipinski definition) is 2. The number of hydrogen-bond acceptors (Lipinski definition) is 6. The minimum Gasteiger partial charge on any atom is -0.302 e. The summed E-state index contributed by atoms with van der Waals surface area (Å²) in [5.41, 5.74) is 2.23. The summed E-state index contributed by atoms with van der Waals surface area (Å²) in [7, 11) is 0. The number of nitrogens with zero attached hydrogens (tertiary/aromatic N) is 5. The van der Waals surface area contributed by atoms with Gasteiger partial charge in [0.25, 0.3) is 0 Å². The van der Waals surface area contributed by atoms with Crippen LogP contribution in [-0.2, 0) is 6.54 Å². The number of tetrazole rings is 1. The summed E-state index contributed by atoms with van der Waals surface area (Å²) in [6.45, 7) is 6.86. The Morgan fingerprint density at radius 2 is 2.32 bits per heavy atom. The number of aromatic amines is 1. The van der Waals surface area contributed by atoms with Crippen LogP contribution in [0.25, 0.3) is 4.96 Å². The maximum atomic E-state index is 4.57. The third kappa shape index (κ3) is 2.24. The van der Waals surface area contributed by atoms with Crippen molar-refractivity contribution in [2.45, 2.75) is 33.4 Å². The van der Waals surface area contributed by atoms with Crippen LogP contribution in [0.4, 0.5) is 0 Å². The molecule has 0 saturated carbocycles. The fourth-order valence-corrected chi connectivity index (χ4v) is 2.91. The highest BCUT2D eigenvalue weighted by atomic mass is 32.1. The SMILES string of the molecule is Cc1cn2c(CNC(C)c3nn[nH]n3)c(C)nc2s1. The summed E-state index contributed by atoms with van der Waals surface area (Å²) in [5, 5.41) is 17.4. The van der Waals surface area contributed by atoms with E-state index in [1.165, 1.54) is 10.6 Å². The number of nitrogens with one attached hydrogen (secondary N) is 2. The third-order valence-corrected chi connectivity index (χ3v) is 3.96. The Bertz CT molecular complexity index is 681. The van der Waals surface area contributed by atoms with E-state index in [0.29, 0.717) is 5.82 Å². The van der Waals surface area contributed by atoms with Crippen molar-refractivity contribution < 1.29 is 0 Å². The highest BCUT2D eigenvalue weighted by Gasteiger charge is 2.14. The van der Waals surface area contributed by atoms with Crippen molar-refractivity contribution in [3.63, 3.8) is 0 Å². The smallest absolute Gasteiger partial charge is 0.194 e. The molecule has 0 aliphatic heterocycles. The first-order valence-corrected chi connectivity index (χ1v) is 6.87. The number of aryl methyl sites for hydroxylation is 2. The van der Waals surface area contributed by atoms with E-state index in [4.69, 9.17) is 0 Å². The molecule has 3 heterocycles. The van der Waals surface area contributed by atoms with Crippen molar-refractivity contribution in [3.05, 3.63) is 28.3 Å². The lowest BCUT2D eigenvalue weighted by molar-refractivity contribution is 0.538. The van der Waals surface area contributed by atoms with E-state index in [0.717, 1.165) is 17.2 Å². The minimum atomic E-state index is 0.0448. The molecule has 3 aromatic heterocycles. The Hall–Kier alpha value is -1.80. The van der Waals surface area contributed by atoms with Crippen molar-refractivity contribution in [1.82, 2.24) is 35.3 Å². The minimum absolute atomic E-state index is 0.0448. The highest BCUT2D eigenvalue weighted by molar-refractivity contribution is 7.17. The molecule has 3 rings (SSSR count). The standard InChI is InChI=1S/C11H15N7S/c1-6-5-18-9(7(2)13-11(18)19-6)4-12-8(3)10-14-16-17-15-10/h5,8,12H,4H2,1-3H3,(H,14,15,16,17). The second-order valence-electron chi connectivity index (χ2n) is 4.51. The summed E-state index contributed by atoms with van der Waals surface area (Å²) >= 11 is 1.70. The van der Waals surface area contributed by atoms with E-state index < -0.39 is 0 Å². The second-order valence-corrected chi connectivity index (χ2v) is 5.72. The van der Waals surface area contributed by atoms with Gasteiger partial charge >= 0.3 is 0 Å². The molecule has 0 saturated heterocycles. The number of thiazole rings is 1. The lowest BCUT2D eigenvalue weighted by atomic mass is 10.3. The van der Waals surface area contributed by atoms with Gasteiger partial charge in [-0.25, -0.2) is 4.98 Å². The largest absolute Gasteiger partial charge is 0.302 e. The van der Waals surface area contributed by atoms with Gasteiger partial charge in [0.2, 0.25) is 0 Å². The van der Waals surface area contributed by atoms with Crippen LogP contribution in [0.1, 0.15) is 35.1 Å². The third-order valence-electron chi connectivity index (χ3n) is 3.07. The van der Waals surface area contributed by atoms with Gasteiger partial charge in [0, 0.05) is 17.6 Å². The van der Waals surface area contributed by atoms with Crippen LogP contribution < -0.4 is 5.32 Å². The van der Waals surface area contributed by atoms with Crippen LogP contribution in [0.2, 0.25) is 0 Å². The number of rotatable bonds is 4. The molecule has 0 radical (unpaired) electrons. The van der Waals surface area contributed by atoms with Crippen LogP contribution in [0.15, 0.2) is 6.20 Å². The Balaban J connectivity index is 1.79. The van der Waals surface area contributed by atoms with Crippen LogP contribution in [0, 0.1) is 13.8 Å². The Morgan fingerprint density at radius 1 is 1.47 bits per heavy atom. The monoisotopic (exact) mass is 277 g/mol. The Kier molecular flexibility index (Phi) is 3.03. The molecule has 3 aromatic rings. The first kappa shape index (κ1) is 12.2. The predicted molar refractivity (Wildman–Crippen MR) is 72.0 cm³/mol. The number of H-pyrrole nitrogens is 1. The molecular weight excluding hydrogens is 262 g/mol. The number of fused-ring (bicyclic) bond motifs is 1. The van der Waals surface area contributed by atoms with Gasteiger partial charge in [-0.2, -0.15) is 5.21 Å². The maximum absolute atomic E-state index is 4.57. The van der Waals surface area contributed by atoms with Crippen molar-refractivity contribution in [2.75, 3.05) is 0 Å². The molecule has 0 aliphatic rings. The molecule has 0 spiro atoms. The average Bonchev–Trinajstić information content (AvgIpc) is 3.03. The normalized spacial score (nSPS) is 13.2. The number of aromatic nitrogens is 6. The van der Waals surface area contributed by atoms with Gasteiger partial charge in [-0.1, -0.05) is 5.21 Å². The Morgan fingerprint density at radius 3 is 3.05 bits per heavy atom. The fourth-order valence-electron chi connectivity index (χ4n) is 2.02. The first-order valence-electron chi connectivity index (χ1n) is 6.06. The molecule has 8 heteroatoms. The predicted octanol–water partition coefficient (Wildman–Crippen LogP) is 1.38. The van der Waals surface area contributed by atoms with Crippen LogP contribution in [0.3, 0.4) is 0 Å². The summed E-state index contributed by atoms with van der Waals surface area (Å²) in [6, 6.07) is 0.0448. The van der Waals surface area contributed by atoms with Crippen LogP contribution in [0.5, 0.6) is 0 Å². The summed E-state index contributed by atoms with van der Waals surface area (Å²) < 4.78 is 2.14. The van der Waals surface area contributed by atoms with Crippen LogP contribution >= 0.6 is 11.3 Å². The Labute approximate surface area is 114 Å². The van der Waals surface area contributed by atoms with E-state index in [-0.39, 0.29) is 6.04 Å². The lowest BCUT2D eigenvalue weighted by Gasteiger charge is -2.09. The van der Waals surface area contributed by atoms with E-state index in [1.54, 1.807) is 11.3 Å². The van der Waals surface area contributed by atoms with Gasteiger partial charge in [-0.15, -0.1) is 21.5 Å². The van der Waals surface area contributed by atoms with Crippen molar-refractivity contribution >= 4 is 16.3 Å². The zero-order chi connectivity index (χ0) is 13.4. The van der Waals surface area contributed by atoms with Gasteiger partial charge in [0.1, 0.15) is 0 Å². The summed E-state index contributed by atoms with van der Waals surface area (Å²) in [4.78, 5) is 6.87. The van der Waals surface area contributed by atoms with E-state index in [1.807, 2.05) is 13.8 Å². The quantitative estimate of drug-likeness (QED) is 0.752. The highest BCUT2D eigenvalue weighted by Crippen LogP contribution is 2.21. The molecule has 0 bridgehead atoms. The van der Waals surface area contributed by atoms with E-state index in [2.05, 4.69) is 48.4 Å². The van der Waals surface area contributed by atoms with Crippen LogP contribution in [-0.4, -0.2) is 30.0 Å². The molecular formula is C11H15N7S. The summed E-state index contributed by atoms with van der Waals surface area (Å²) in [5.74, 6) is 0.667. The molecule has 19 heavy (non-hydrogen) atoms. The van der Waals surface area contributed by atoms with Gasteiger partial charge < -0.3 is 5.32 Å². The van der Waals surface area contributed by atoms with Crippen molar-refractivity contribution in [2.24, 2.45) is 0 Å². The van der Waals surface area contributed by atoms with Gasteiger partial charge in [-0.05, 0) is 20.8 Å². The lowest BCUT2D eigenvalue weighted by Crippen LogP contribution is -2.20. The molecule has 1 unspecified atom stereocenters. The number of imidazole rings is 1. The first-order chi connectivity index (χ1) is 9.15. The van der Waals surface area contributed by atoms with E-state index >= 15 is 0 Å². The molecule has 2 N–H and O–H groups in total. The average molecular weight is 277 g/mol. The summed E-state index contributed by atoms with van der Waals surface area (Å²) in [6.07, 6.45) is 2.12. The van der Waals surface area contributed by atoms with Gasteiger partial charge in [0.15, 0.2) is 10.8 Å².